The summed E-state index contributed by atoms with van der Waals surface area (Å²) >= 11 is 0. The van der Waals surface area contributed by atoms with Gasteiger partial charge in [0, 0.05) is 51.3 Å². The maximum Gasteiger partial charge on any atom is 0.108 e. The Hall–Kier alpha value is -1.55. The van der Waals surface area contributed by atoms with Gasteiger partial charge >= 0.3 is 0 Å². The van der Waals surface area contributed by atoms with Crippen molar-refractivity contribution in [2.24, 2.45) is 13.0 Å². The van der Waals surface area contributed by atoms with Crippen LogP contribution in [0.25, 0.3) is 0 Å². The molecule has 2 aromatic rings. The number of nitrogens with zero attached hydrogens (tertiary/aromatic N) is 3. The molecule has 0 amide bonds. The molecule has 3 heterocycles. The number of hydrogen-bond acceptors (Lipinski definition) is 2. The van der Waals surface area contributed by atoms with E-state index in [1.807, 2.05) is 6.20 Å². The van der Waals surface area contributed by atoms with Crippen LogP contribution >= 0.6 is 0 Å². The Labute approximate surface area is 108 Å². The van der Waals surface area contributed by atoms with Crippen LogP contribution in [-0.2, 0) is 26.6 Å². The van der Waals surface area contributed by atoms with Crippen molar-refractivity contribution in [2.75, 3.05) is 6.54 Å². The van der Waals surface area contributed by atoms with Crippen LogP contribution in [0, 0.1) is 5.92 Å². The van der Waals surface area contributed by atoms with Crippen molar-refractivity contribution < 1.29 is 0 Å². The molecule has 0 aliphatic carbocycles. The maximum atomic E-state index is 4.36. The number of nitrogens with one attached hydrogen (secondary N) is 1. The minimum Gasteiger partial charge on any atom is -0.357 e. The molecule has 96 valence electrons. The second kappa shape index (κ2) is 4.98. The topological polar surface area (TPSA) is 34.8 Å². The Balaban J connectivity index is 1.47. The van der Waals surface area contributed by atoms with E-state index in [2.05, 4.69) is 51.1 Å². The van der Waals surface area contributed by atoms with Gasteiger partial charge in [-0.2, -0.15) is 0 Å². The molecule has 18 heavy (non-hydrogen) atoms. The van der Waals surface area contributed by atoms with E-state index in [0.717, 1.165) is 32.0 Å². The molecule has 3 rings (SSSR count). The average Bonchev–Trinajstić information content (AvgIpc) is 2.97. The molecule has 0 saturated heterocycles. The third-order valence-electron chi connectivity index (χ3n) is 3.69. The van der Waals surface area contributed by atoms with Gasteiger partial charge in [0.1, 0.15) is 5.82 Å². The van der Waals surface area contributed by atoms with E-state index < -0.39 is 0 Å². The molecule has 0 bridgehead atoms. The molecule has 1 N–H and O–H groups in total. The van der Waals surface area contributed by atoms with Crippen molar-refractivity contribution in [2.45, 2.75) is 25.9 Å². The van der Waals surface area contributed by atoms with Gasteiger partial charge in [0.05, 0.1) is 0 Å². The fourth-order valence-electron chi connectivity index (χ4n) is 2.69. The van der Waals surface area contributed by atoms with Gasteiger partial charge in [-0.1, -0.05) is 0 Å². The van der Waals surface area contributed by atoms with Gasteiger partial charge in [-0.3, -0.25) is 0 Å². The summed E-state index contributed by atoms with van der Waals surface area (Å²) in [5.74, 6) is 1.98. The first-order chi connectivity index (χ1) is 8.81. The van der Waals surface area contributed by atoms with Gasteiger partial charge in [-0.25, -0.2) is 4.98 Å². The fraction of sp³-hybridized carbons (Fsp3) is 0.500. The standard InChI is InChI=1S/C14H20N4/c1-17-6-4-13(10-17)9-15-8-12-2-3-14-16-5-7-18(14)11-12/h4-7,10,12,15H,2-3,8-9,11H2,1H3/t12-/m0/s1. The van der Waals surface area contributed by atoms with E-state index in [4.69, 9.17) is 0 Å². The summed E-state index contributed by atoms with van der Waals surface area (Å²) in [6.45, 7) is 3.16. The summed E-state index contributed by atoms with van der Waals surface area (Å²) in [5.41, 5.74) is 1.36. The summed E-state index contributed by atoms with van der Waals surface area (Å²) < 4.78 is 4.38. The largest absolute Gasteiger partial charge is 0.357 e. The molecule has 0 unspecified atom stereocenters. The maximum absolute atomic E-state index is 4.36. The first-order valence-corrected chi connectivity index (χ1v) is 6.63. The summed E-state index contributed by atoms with van der Waals surface area (Å²) in [4.78, 5) is 4.36. The highest BCUT2D eigenvalue weighted by Crippen LogP contribution is 2.17. The lowest BCUT2D eigenvalue weighted by Crippen LogP contribution is -2.29. The minimum atomic E-state index is 0.732. The Morgan fingerprint density at radius 2 is 2.39 bits per heavy atom. The molecular formula is C14H20N4. The van der Waals surface area contributed by atoms with Crippen LogP contribution < -0.4 is 5.32 Å². The molecule has 0 spiro atoms. The number of hydrogen-bond donors (Lipinski definition) is 1. The zero-order chi connectivity index (χ0) is 12.4. The summed E-state index contributed by atoms with van der Waals surface area (Å²) in [5, 5.41) is 3.56. The smallest absolute Gasteiger partial charge is 0.108 e. The van der Waals surface area contributed by atoms with Gasteiger partial charge in [-0.05, 0) is 30.5 Å². The number of rotatable bonds is 4. The van der Waals surface area contributed by atoms with E-state index in [0.29, 0.717) is 0 Å². The summed E-state index contributed by atoms with van der Waals surface area (Å²) in [6.07, 6.45) is 10.6. The van der Waals surface area contributed by atoms with E-state index in [1.165, 1.54) is 17.8 Å². The minimum absolute atomic E-state index is 0.732. The highest BCUT2D eigenvalue weighted by atomic mass is 15.1. The molecule has 1 aliphatic rings. The highest BCUT2D eigenvalue weighted by molar-refractivity contribution is 5.09. The van der Waals surface area contributed by atoms with Crippen LogP contribution in [0.1, 0.15) is 17.8 Å². The van der Waals surface area contributed by atoms with Crippen LogP contribution in [0.2, 0.25) is 0 Å². The molecule has 0 fully saturated rings. The molecule has 1 aliphatic heterocycles. The first kappa shape index (κ1) is 11.5. The van der Waals surface area contributed by atoms with E-state index >= 15 is 0 Å². The SMILES string of the molecule is Cn1ccc(CNC[C@@H]2CCc3nccn3C2)c1. The molecule has 4 heteroatoms. The van der Waals surface area contributed by atoms with Crippen molar-refractivity contribution in [3.05, 3.63) is 42.2 Å². The Bertz CT molecular complexity index is 511. The lowest BCUT2D eigenvalue weighted by molar-refractivity contribution is 0.347. The van der Waals surface area contributed by atoms with Crippen LogP contribution in [0.15, 0.2) is 30.9 Å². The van der Waals surface area contributed by atoms with E-state index in [1.54, 1.807) is 0 Å². The zero-order valence-electron chi connectivity index (χ0n) is 10.8. The normalized spacial score (nSPS) is 18.8. The van der Waals surface area contributed by atoms with E-state index in [9.17, 15) is 0 Å². The molecule has 2 aromatic heterocycles. The Morgan fingerprint density at radius 3 is 3.22 bits per heavy atom. The number of aryl methyl sites for hydroxylation is 2. The second-order valence-electron chi connectivity index (χ2n) is 5.22. The third-order valence-corrected chi connectivity index (χ3v) is 3.69. The summed E-state index contributed by atoms with van der Waals surface area (Å²) in [7, 11) is 2.06. The Morgan fingerprint density at radius 1 is 1.44 bits per heavy atom. The number of imidazole rings is 1. The lowest BCUT2D eigenvalue weighted by atomic mass is 9.99. The first-order valence-electron chi connectivity index (χ1n) is 6.63. The fourth-order valence-corrected chi connectivity index (χ4v) is 2.69. The van der Waals surface area contributed by atoms with E-state index in [-0.39, 0.29) is 0 Å². The predicted molar refractivity (Wildman–Crippen MR) is 71.2 cm³/mol. The van der Waals surface area contributed by atoms with Gasteiger partial charge in [-0.15, -0.1) is 0 Å². The average molecular weight is 244 g/mol. The molecule has 0 aromatic carbocycles. The van der Waals surface area contributed by atoms with Gasteiger partial charge in [0.15, 0.2) is 0 Å². The van der Waals surface area contributed by atoms with Crippen LogP contribution in [0.3, 0.4) is 0 Å². The molecule has 0 saturated carbocycles. The molecule has 0 radical (unpaired) electrons. The molecule has 1 atom stereocenters. The van der Waals surface area contributed by atoms with Gasteiger partial charge in [0.2, 0.25) is 0 Å². The van der Waals surface area contributed by atoms with Crippen molar-refractivity contribution in [3.63, 3.8) is 0 Å². The Kier molecular flexibility index (Phi) is 3.19. The van der Waals surface area contributed by atoms with Crippen LogP contribution in [0.4, 0.5) is 0 Å². The van der Waals surface area contributed by atoms with Gasteiger partial charge in [0.25, 0.3) is 0 Å². The van der Waals surface area contributed by atoms with Crippen molar-refractivity contribution in [3.8, 4) is 0 Å². The van der Waals surface area contributed by atoms with Crippen molar-refractivity contribution >= 4 is 0 Å². The van der Waals surface area contributed by atoms with Crippen LogP contribution in [-0.4, -0.2) is 20.7 Å². The predicted octanol–water partition coefficient (Wildman–Crippen LogP) is 1.57. The van der Waals surface area contributed by atoms with Crippen LogP contribution in [0.5, 0.6) is 0 Å². The number of aromatic nitrogens is 3. The van der Waals surface area contributed by atoms with Crippen molar-refractivity contribution in [1.82, 2.24) is 19.4 Å². The lowest BCUT2D eigenvalue weighted by Gasteiger charge is -2.23. The third kappa shape index (κ3) is 2.48. The second-order valence-corrected chi connectivity index (χ2v) is 5.22. The monoisotopic (exact) mass is 244 g/mol. The van der Waals surface area contributed by atoms with Gasteiger partial charge < -0.3 is 14.5 Å². The molecule has 4 nitrogen and oxygen atoms in total. The highest BCUT2D eigenvalue weighted by Gasteiger charge is 2.18. The number of fused-ring (bicyclic) bond motifs is 1. The quantitative estimate of drug-likeness (QED) is 0.886. The summed E-state index contributed by atoms with van der Waals surface area (Å²) in [6, 6.07) is 2.17. The van der Waals surface area contributed by atoms with Crippen molar-refractivity contribution in [1.29, 1.82) is 0 Å². The molecular weight excluding hydrogens is 224 g/mol. The zero-order valence-corrected chi connectivity index (χ0v) is 10.8.